The molecule has 4 nitrogen and oxygen atoms in total. The van der Waals surface area contributed by atoms with E-state index >= 15 is 0 Å². The van der Waals surface area contributed by atoms with E-state index in [1.807, 2.05) is 0 Å². The molecule has 0 aromatic carbocycles. The van der Waals surface area contributed by atoms with Gasteiger partial charge in [0.25, 0.3) is 0 Å². The number of carbonyl (C=O) groups excluding carboxylic acids is 1. The fourth-order valence-electron chi connectivity index (χ4n) is 0.945. The number of nitrogens with one attached hydrogen (secondary N) is 1. The second-order valence-electron chi connectivity index (χ2n) is 2.26. The number of hydrogen-bond donors (Lipinski definition) is 1. The summed E-state index contributed by atoms with van der Waals surface area (Å²) in [6, 6.07) is 0.0450. The van der Waals surface area contributed by atoms with E-state index in [-0.39, 0.29) is 6.03 Å². The second kappa shape index (κ2) is 3.41. The highest BCUT2D eigenvalue weighted by Gasteiger charge is 2.16. The van der Waals surface area contributed by atoms with Gasteiger partial charge < -0.3 is 15.5 Å². The highest BCUT2D eigenvalue weighted by Crippen LogP contribution is 1.95. The molecule has 0 aliphatic carbocycles. The minimum absolute atomic E-state index is 0.0450. The third kappa shape index (κ3) is 1.60. The van der Waals surface area contributed by atoms with Crippen LogP contribution in [0, 0.1) is 0 Å². The van der Waals surface area contributed by atoms with E-state index in [1.165, 1.54) is 0 Å². The summed E-state index contributed by atoms with van der Waals surface area (Å²) in [6.45, 7) is 3.10. The normalized spacial score (nSPS) is 17.7. The van der Waals surface area contributed by atoms with Crippen molar-refractivity contribution in [2.75, 3.05) is 33.2 Å². The number of urea groups is 1. The smallest absolute Gasteiger partial charge is 0.317 e. The van der Waals surface area contributed by atoms with E-state index < -0.39 is 0 Å². The minimum atomic E-state index is 0.0450. The summed E-state index contributed by atoms with van der Waals surface area (Å²) in [7, 11) is 1.76. The molecule has 10 heavy (non-hydrogen) atoms. The van der Waals surface area contributed by atoms with Crippen molar-refractivity contribution >= 4 is 6.03 Å². The Labute approximate surface area is 60.6 Å². The van der Waals surface area contributed by atoms with Crippen molar-refractivity contribution in [3.05, 3.63) is 5.32 Å². The first kappa shape index (κ1) is 7.34. The Morgan fingerprint density at radius 2 is 2.60 bits per heavy atom. The molecule has 0 bridgehead atoms. The number of rotatable bonds is 3. The molecule has 0 saturated carbocycles. The molecule has 1 aliphatic heterocycles. The van der Waals surface area contributed by atoms with Gasteiger partial charge in [0.1, 0.15) is 0 Å². The fourth-order valence-corrected chi connectivity index (χ4v) is 0.945. The number of nitrogens with zero attached hydrogens (tertiary/aromatic N) is 2. The molecule has 0 aromatic rings. The molecule has 1 heterocycles. The van der Waals surface area contributed by atoms with Crippen LogP contribution in [0.3, 0.4) is 0 Å². The van der Waals surface area contributed by atoms with Crippen molar-refractivity contribution in [1.29, 1.82) is 0 Å². The molecule has 0 radical (unpaired) electrons. The fraction of sp³-hybridized carbons (Fsp3) is 0.833. The van der Waals surface area contributed by atoms with Crippen molar-refractivity contribution in [2.24, 2.45) is 0 Å². The molecule has 1 rings (SSSR count). The SMILES string of the molecule is C[N-]CCN1CCNC1=O. The molecular formula is C6H12N3O-. The summed E-state index contributed by atoms with van der Waals surface area (Å²) in [6.07, 6.45) is 0. The Morgan fingerprint density at radius 1 is 1.80 bits per heavy atom. The second-order valence-corrected chi connectivity index (χ2v) is 2.26. The Bertz CT molecular complexity index is 126. The molecule has 1 aliphatic rings. The van der Waals surface area contributed by atoms with Gasteiger partial charge in [-0.05, 0) is 0 Å². The Balaban J connectivity index is 2.20. The Morgan fingerprint density at radius 3 is 3.10 bits per heavy atom. The van der Waals surface area contributed by atoms with E-state index in [0.717, 1.165) is 26.2 Å². The molecule has 0 spiro atoms. The van der Waals surface area contributed by atoms with Crippen LogP contribution in [0.4, 0.5) is 4.79 Å². The Kier molecular flexibility index (Phi) is 2.50. The van der Waals surface area contributed by atoms with Crippen molar-refractivity contribution in [3.8, 4) is 0 Å². The predicted molar refractivity (Wildman–Crippen MR) is 39.1 cm³/mol. The predicted octanol–water partition coefficient (Wildman–Crippen LogP) is 0.0151. The van der Waals surface area contributed by atoms with Crippen molar-refractivity contribution in [1.82, 2.24) is 10.2 Å². The largest absolute Gasteiger partial charge is 0.664 e. The maximum absolute atomic E-state index is 10.9. The standard InChI is InChI=1S/C6H12N3O/c1-7-2-4-9-5-3-8-6(9)10/h2-5H2,1H3,(H,8,10)/q-1. The summed E-state index contributed by atoms with van der Waals surface area (Å²) in [4.78, 5) is 12.6. The first-order valence-corrected chi connectivity index (χ1v) is 3.43. The van der Waals surface area contributed by atoms with Gasteiger partial charge >= 0.3 is 6.03 Å². The third-order valence-corrected chi connectivity index (χ3v) is 1.54. The number of carbonyl (C=O) groups is 1. The lowest BCUT2D eigenvalue weighted by atomic mass is 10.5. The van der Waals surface area contributed by atoms with Crippen molar-refractivity contribution < 1.29 is 4.79 Å². The van der Waals surface area contributed by atoms with Gasteiger partial charge in [-0.2, -0.15) is 7.05 Å². The quantitative estimate of drug-likeness (QED) is 0.593. The van der Waals surface area contributed by atoms with Crippen molar-refractivity contribution in [3.63, 3.8) is 0 Å². The topological polar surface area (TPSA) is 46.4 Å². The average molecular weight is 142 g/mol. The van der Waals surface area contributed by atoms with Crippen LogP contribution in [0.25, 0.3) is 5.32 Å². The molecule has 0 atom stereocenters. The van der Waals surface area contributed by atoms with Gasteiger partial charge in [-0.25, -0.2) is 4.79 Å². The van der Waals surface area contributed by atoms with Gasteiger partial charge in [-0.1, -0.05) is 0 Å². The van der Waals surface area contributed by atoms with Gasteiger partial charge in [0.2, 0.25) is 0 Å². The van der Waals surface area contributed by atoms with Gasteiger partial charge in [0.05, 0.1) is 0 Å². The minimum Gasteiger partial charge on any atom is -0.664 e. The maximum Gasteiger partial charge on any atom is 0.317 e. The van der Waals surface area contributed by atoms with Crippen LogP contribution in [-0.4, -0.2) is 44.2 Å². The zero-order valence-electron chi connectivity index (χ0n) is 6.13. The van der Waals surface area contributed by atoms with E-state index in [2.05, 4.69) is 10.6 Å². The summed E-state index contributed by atoms with van der Waals surface area (Å²) in [5.74, 6) is 0. The highest BCUT2D eigenvalue weighted by atomic mass is 16.2. The lowest BCUT2D eigenvalue weighted by Gasteiger charge is -2.18. The zero-order valence-corrected chi connectivity index (χ0v) is 6.13. The lowest BCUT2D eigenvalue weighted by Crippen LogP contribution is -2.30. The first-order valence-electron chi connectivity index (χ1n) is 3.43. The molecule has 58 valence electrons. The molecule has 4 heteroatoms. The third-order valence-electron chi connectivity index (χ3n) is 1.54. The van der Waals surface area contributed by atoms with Crippen LogP contribution < -0.4 is 5.32 Å². The maximum atomic E-state index is 10.9. The molecule has 1 N–H and O–H groups in total. The van der Waals surface area contributed by atoms with Crippen molar-refractivity contribution in [2.45, 2.75) is 0 Å². The van der Waals surface area contributed by atoms with Crippen LogP contribution in [0.1, 0.15) is 0 Å². The molecule has 0 aromatic heterocycles. The summed E-state index contributed by atoms with van der Waals surface area (Å²) in [5, 5.41) is 6.64. The number of likely N-dealkylation sites (N-methyl/N-ethyl adjacent to an activating group) is 1. The van der Waals surface area contributed by atoms with E-state index in [1.54, 1.807) is 11.9 Å². The summed E-state index contributed by atoms with van der Waals surface area (Å²) >= 11 is 0. The molecule has 1 saturated heterocycles. The monoisotopic (exact) mass is 142 g/mol. The van der Waals surface area contributed by atoms with E-state index in [9.17, 15) is 4.79 Å². The van der Waals surface area contributed by atoms with E-state index in [4.69, 9.17) is 0 Å². The molecular weight excluding hydrogens is 130 g/mol. The van der Waals surface area contributed by atoms with E-state index in [0.29, 0.717) is 0 Å². The summed E-state index contributed by atoms with van der Waals surface area (Å²) in [5.41, 5.74) is 0. The van der Waals surface area contributed by atoms with Crippen LogP contribution in [0.5, 0.6) is 0 Å². The summed E-state index contributed by atoms with van der Waals surface area (Å²) < 4.78 is 0. The lowest BCUT2D eigenvalue weighted by molar-refractivity contribution is 0.219. The first-order chi connectivity index (χ1) is 4.84. The van der Waals surface area contributed by atoms with Crippen LogP contribution in [0.15, 0.2) is 0 Å². The molecule has 1 fully saturated rings. The van der Waals surface area contributed by atoms with Gasteiger partial charge in [-0.15, -0.1) is 6.54 Å². The van der Waals surface area contributed by atoms with Crippen LogP contribution >= 0.6 is 0 Å². The number of amides is 2. The van der Waals surface area contributed by atoms with Gasteiger partial charge in [-0.3, -0.25) is 0 Å². The van der Waals surface area contributed by atoms with Gasteiger partial charge in [0.15, 0.2) is 0 Å². The molecule has 2 amide bonds. The highest BCUT2D eigenvalue weighted by molar-refractivity contribution is 5.76. The average Bonchev–Trinajstić information content (AvgIpc) is 2.31. The van der Waals surface area contributed by atoms with Crippen LogP contribution in [-0.2, 0) is 0 Å². The Hall–Kier alpha value is -0.770. The zero-order chi connectivity index (χ0) is 7.40. The van der Waals surface area contributed by atoms with Gasteiger partial charge in [0, 0.05) is 19.6 Å². The van der Waals surface area contributed by atoms with Crippen LogP contribution in [0.2, 0.25) is 0 Å². The number of hydrogen-bond acceptors (Lipinski definition) is 1. The molecule has 0 unspecified atom stereocenters.